The number of nitrogens with zero attached hydrogens (tertiary/aromatic N) is 4. The molecule has 1 aliphatic heterocycles. The van der Waals surface area contributed by atoms with E-state index >= 15 is 0 Å². The fourth-order valence-corrected chi connectivity index (χ4v) is 3.29. The van der Waals surface area contributed by atoms with E-state index in [0.717, 1.165) is 43.4 Å². The lowest BCUT2D eigenvalue weighted by atomic mass is 10.2. The number of hydrogen-bond acceptors (Lipinski definition) is 6. The zero-order valence-corrected chi connectivity index (χ0v) is 16.4. The molecule has 0 amide bonds. The van der Waals surface area contributed by atoms with Crippen LogP contribution in [0.2, 0.25) is 0 Å². The lowest BCUT2D eigenvalue weighted by Crippen LogP contribution is -2.44. The Morgan fingerprint density at radius 1 is 0.857 bits per heavy atom. The number of likely N-dealkylation sites (N-methyl/N-ethyl adjacent to an activating group) is 1. The average molecular weight is 374 g/mol. The van der Waals surface area contributed by atoms with Crippen LogP contribution in [0.4, 0.5) is 28.8 Å². The zero-order chi connectivity index (χ0) is 19.3. The maximum atomic E-state index is 4.58. The van der Waals surface area contributed by atoms with Gasteiger partial charge in [-0.05, 0) is 55.9 Å². The number of rotatable bonds is 5. The molecule has 0 bridgehead atoms. The van der Waals surface area contributed by atoms with Gasteiger partial charge < -0.3 is 20.4 Å². The Morgan fingerprint density at radius 3 is 2.36 bits per heavy atom. The minimum absolute atomic E-state index is 0.575. The molecule has 0 aliphatic carbocycles. The molecule has 1 saturated heterocycles. The van der Waals surface area contributed by atoms with Crippen LogP contribution in [-0.4, -0.2) is 48.1 Å². The molecule has 1 aromatic heterocycles. The van der Waals surface area contributed by atoms with E-state index in [4.69, 9.17) is 0 Å². The molecule has 0 spiro atoms. The fourth-order valence-electron chi connectivity index (χ4n) is 3.29. The number of piperazine rings is 1. The molecule has 1 fully saturated rings. The Hall–Kier alpha value is -3.12. The molecule has 28 heavy (non-hydrogen) atoms. The van der Waals surface area contributed by atoms with Gasteiger partial charge in [-0.15, -0.1) is 0 Å². The maximum absolute atomic E-state index is 4.58. The summed E-state index contributed by atoms with van der Waals surface area (Å²) in [6.07, 6.45) is 1.76. The third kappa shape index (κ3) is 4.40. The summed E-state index contributed by atoms with van der Waals surface area (Å²) in [5, 5.41) is 6.65. The van der Waals surface area contributed by atoms with E-state index in [0.29, 0.717) is 5.95 Å². The second-order valence-corrected chi connectivity index (χ2v) is 7.17. The van der Waals surface area contributed by atoms with Crippen LogP contribution in [0, 0.1) is 6.92 Å². The predicted octanol–water partition coefficient (Wildman–Crippen LogP) is 4.02. The summed E-state index contributed by atoms with van der Waals surface area (Å²) in [7, 11) is 2.17. The van der Waals surface area contributed by atoms with Crippen LogP contribution >= 0.6 is 0 Å². The van der Waals surface area contributed by atoms with Gasteiger partial charge in [0.25, 0.3) is 0 Å². The van der Waals surface area contributed by atoms with Crippen molar-refractivity contribution < 1.29 is 0 Å². The molecule has 0 radical (unpaired) electrons. The van der Waals surface area contributed by atoms with Crippen molar-refractivity contribution >= 4 is 28.8 Å². The lowest BCUT2D eigenvalue weighted by molar-refractivity contribution is 0.313. The Labute approximate surface area is 166 Å². The van der Waals surface area contributed by atoms with Crippen molar-refractivity contribution in [3.05, 3.63) is 66.4 Å². The van der Waals surface area contributed by atoms with E-state index in [1.165, 1.54) is 11.3 Å². The summed E-state index contributed by atoms with van der Waals surface area (Å²) in [5.41, 5.74) is 4.46. The Bertz CT molecular complexity index is 916. The fraction of sp³-hybridized carbons (Fsp3) is 0.273. The number of para-hydroxylation sites is 1. The van der Waals surface area contributed by atoms with Crippen molar-refractivity contribution in [1.29, 1.82) is 0 Å². The molecule has 0 unspecified atom stereocenters. The number of nitrogens with one attached hydrogen (secondary N) is 2. The number of hydrogen-bond donors (Lipinski definition) is 2. The van der Waals surface area contributed by atoms with Crippen molar-refractivity contribution in [3.63, 3.8) is 0 Å². The van der Waals surface area contributed by atoms with Gasteiger partial charge in [0.2, 0.25) is 5.95 Å². The molecule has 2 N–H and O–H groups in total. The van der Waals surface area contributed by atoms with Gasteiger partial charge in [0.15, 0.2) is 0 Å². The molecule has 3 aromatic rings. The van der Waals surface area contributed by atoms with Crippen molar-refractivity contribution in [1.82, 2.24) is 14.9 Å². The van der Waals surface area contributed by atoms with E-state index in [9.17, 15) is 0 Å². The van der Waals surface area contributed by atoms with E-state index in [-0.39, 0.29) is 0 Å². The van der Waals surface area contributed by atoms with Crippen molar-refractivity contribution in [2.24, 2.45) is 0 Å². The first kappa shape index (κ1) is 18.3. The van der Waals surface area contributed by atoms with E-state index in [1.807, 2.05) is 24.3 Å². The van der Waals surface area contributed by atoms with Crippen molar-refractivity contribution in [2.45, 2.75) is 6.92 Å². The highest BCUT2D eigenvalue weighted by Crippen LogP contribution is 2.22. The van der Waals surface area contributed by atoms with E-state index < -0.39 is 0 Å². The normalized spacial score (nSPS) is 14.7. The van der Waals surface area contributed by atoms with Crippen LogP contribution in [0.25, 0.3) is 0 Å². The average Bonchev–Trinajstić information content (AvgIpc) is 2.71. The Kier molecular flexibility index (Phi) is 5.39. The SMILES string of the molecule is Cc1ccccc1Nc1ccnc(Nc2ccc(N3CCN(C)CC3)cc2)n1. The maximum Gasteiger partial charge on any atom is 0.229 e. The third-order valence-corrected chi connectivity index (χ3v) is 5.06. The summed E-state index contributed by atoms with van der Waals surface area (Å²) >= 11 is 0. The van der Waals surface area contributed by atoms with Gasteiger partial charge in [0.05, 0.1) is 0 Å². The van der Waals surface area contributed by atoms with Crippen molar-refractivity contribution in [2.75, 3.05) is 48.8 Å². The van der Waals surface area contributed by atoms with Crippen LogP contribution in [0.5, 0.6) is 0 Å². The van der Waals surface area contributed by atoms with Crippen LogP contribution < -0.4 is 15.5 Å². The van der Waals surface area contributed by atoms with Gasteiger partial charge in [-0.2, -0.15) is 4.98 Å². The minimum atomic E-state index is 0.575. The van der Waals surface area contributed by atoms with Gasteiger partial charge in [-0.1, -0.05) is 18.2 Å². The summed E-state index contributed by atoms with van der Waals surface area (Å²) in [4.78, 5) is 13.7. The molecule has 2 aromatic carbocycles. The van der Waals surface area contributed by atoms with Crippen LogP contribution in [-0.2, 0) is 0 Å². The third-order valence-electron chi connectivity index (χ3n) is 5.06. The van der Waals surface area contributed by atoms with Gasteiger partial charge in [-0.3, -0.25) is 0 Å². The number of benzene rings is 2. The molecule has 6 heteroatoms. The lowest BCUT2D eigenvalue weighted by Gasteiger charge is -2.34. The molecular formula is C22H26N6. The minimum Gasteiger partial charge on any atom is -0.369 e. The molecule has 2 heterocycles. The number of aryl methyl sites for hydroxylation is 1. The molecule has 6 nitrogen and oxygen atoms in total. The van der Waals surface area contributed by atoms with E-state index in [1.54, 1.807) is 6.20 Å². The monoisotopic (exact) mass is 374 g/mol. The highest BCUT2D eigenvalue weighted by atomic mass is 15.2. The Balaban J connectivity index is 1.42. The summed E-state index contributed by atoms with van der Waals surface area (Å²) in [5.74, 6) is 1.34. The molecule has 0 atom stereocenters. The molecule has 144 valence electrons. The van der Waals surface area contributed by atoms with Crippen LogP contribution in [0.15, 0.2) is 60.8 Å². The second kappa shape index (κ2) is 8.27. The standard InChI is InChI=1S/C22H26N6/c1-17-5-3-4-6-20(17)25-21-11-12-23-22(26-21)24-18-7-9-19(10-8-18)28-15-13-27(2)14-16-28/h3-12H,13-16H2,1-2H3,(H2,23,24,25,26). The topological polar surface area (TPSA) is 56.3 Å². The quantitative estimate of drug-likeness (QED) is 0.703. The first-order valence-corrected chi connectivity index (χ1v) is 9.64. The first-order valence-electron chi connectivity index (χ1n) is 9.64. The molecule has 0 saturated carbocycles. The predicted molar refractivity (Wildman–Crippen MR) is 116 cm³/mol. The van der Waals surface area contributed by atoms with E-state index in [2.05, 4.69) is 74.7 Å². The summed E-state index contributed by atoms with van der Waals surface area (Å²) in [6.45, 7) is 6.42. The highest BCUT2D eigenvalue weighted by Gasteiger charge is 2.14. The van der Waals surface area contributed by atoms with Crippen LogP contribution in [0.1, 0.15) is 5.56 Å². The highest BCUT2D eigenvalue weighted by molar-refractivity contribution is 5.63. The van der Waals surface area contributed by atoms with Crippen LogP contribution in [0.3, 0.4) is 0 Å². The smallest absolute Gasteiger partial charge is 0.229 e. The van der Waals surface area contributed by atoms with Gasteiger partial charge in [-0.25, -0.2) is 4.98 Å². The molecular weight excluding hydrogens is 348 g/mol. The number of aromatic nitrogens is 2. The van der Waals surface area contributed by atoms with Gasteiger partial charge in [0, 0.05) is 49.4 Å². The largest absolute Gasteiger partial charge is 0.369 e. The zero-order valence-electron chi connectivity index (χ0n) is 16.4. The summed E-state index contributed by atoms with van der Waals surface area (Å²) in [6, 6.07) is 18.5. The summed E-state index contributed by atoms with van der Waals surface area (Å²) < 4.78 is 0. The van der Waals surface area contributed by atoms with Gasteiger partial charge in [0.1, 0.15) is 5.82 Å². The number of anilines is 5. The molecule has 4 rings (SSSR count). The second-order valence-electron chi connectivity index (χ2n) is 7.17. The van der Waals surface area contributed by atoms with Gasteiger partial charge >= 0.3 is 0 Å². The first-order chi connectivity index (χ1) is 13.7. The van der Waals surface area contributed by atoms with Crippen molar-refractivity contribution in [3.8, 4) is 0 Å². The molecule has 1 aliphatic rings. The Morgan fingerprint density at radius 2 is 1.61 bits per heavy atom.